The molecule has 3 nitrogen and oxygen atoms in total. The van der Waals surface area contributed by atoms with Crippen molar-refractivity contribution < 1.29 is 9.53 Å². The second-order valence-corrected chi connectivity index (χ2v) is 5.94. The lowest BCUT2D eigenvalue weighted by Gasteiger charge is -2.23. The number of carbonyl (C=O) groups is 1. The highest BCUT2D eigenvalue weighted by molar-refractivity contribution is 5.78. The molecule has 1 aromatic rings. The topological polar surface area (TPSA) is 52.3 Å². The summed E-state index contributed by atoms with van der Waals surface area (Å²) in [6, 6.07) is 7.01. The fourth-order valence-electron chi connectivity index (χ4n) is 1.62. The van der Waals surface area contributed by atoms with Crippen LogP contribution in [0.25, 0.3) is 0 Å². The van der Waals surface area contributed by atoms with Gasteiger partial charge in [0, 0.05) is 5.56 Å². The van der Waals surface area contributed by atoms with E-state index >= 15 is 0 Å². The Bertz CT molecular complexity index is 419. The van der Waals surface area contributed by atoms with Crippen LogP contribution in [-0.4, -0.2) is 12.0 Å². The number of rotatable bonds is 3. The van der Waals surface area contributed by atoms with Crippen LogP contribution in [0.3, 0.4) is 0 Å². The lowest BCUT2D eigenvalue weighted by Crippen LogP contribution is -2.39. The van der Waals surface area contributed by atoms with E-state index in [-0.39, 0.29) is 17.3 Å². The molecule has 0 saturated heterocycles. The highest BCUT2D eigenvalue weighted by Gasteiger charge is 2.23. The first-order chi connectivity index (χ1) is 8.23. The summed E-state index contributed by atoms with van der Waals surface area (Å²) in [4.78, 5) is 11.9. The predicted octanol–water partition coefficient (Wildman–Crippen LogP) is 2.87. The molecule has 3 heteroatoms. The van der Waals surface area contributed by atoms with Gasteiger partial charge in [0.25, 0.3) is 0 Å². The Morgan fingerprint density at radius 3 is 2.28 bits per heavy atom. The summed E-state index contributed by atoms with van der Waals surface area (Å²) in [6.07, 6.45) is 0. The first-order valence-electron chi connectivity index (χ1n) is 6.30. The number of hydrogen-bond donors (Lipinski definition) is 1. The number of esters is 1. The van der Waals surface area contributed by atoms with Gasteiger partial charge >= 0.3 is 5.97 Å². The van der Waals surface area contributed by atoms with Crippen molar-refractivity contribution in [2.45, 2.75) is 46.1 Å². The van der Waals surface area contributed by atoms with E-state index in [0.717, 1.165) is 5.56 Å². The van der Waals surface area contributed by atoms with Gasteiger partial charge in [-0.15, -0.1) is 0 Å². The number of nitrogens with two attached hydrogens (primary N) is 1. The number of carbonyl (C=O) groups excluding carboxylic acids is 1. The van der Waals surface area contributed by atoms with Gasteiger partial charge in [0.15, 0.2) is 0 Å². The van der Waals surface area contributed by atoms with Crippen molar-refractivity contribution in [3.8, 4) is 5.75 Å². The molecule has 0 spiro atoms. The van der Waals surface area contributed by atoms with Crippen LogP contribution in [0.1, 0.15) is 40.2 Å². The Balaban J connectivity index is 2.95. The standard InChI is InChI=1S/C15H23NO2/c1-10(2)13(16)14(17)18-12-9-7-6-8-11(12)15(3,4)5/h6-10,13H,16H2,1-5H3. The monoisotopic (exact) mass is 249 g/mol. The molecule has 0 fully saturated rings. The molecule has 2 N–H and O–H groups in total. The van der Waals surface area contributed by atoms with Crippen molar-refractivity contribution in [3.05, 3.63) is 29.8 Å². The van der Waals surface area contributed by atoms with Gasteiger partial charge in [0.1, 0.15) is 11.8 Å². The maximum Gasteiger partial charge on any atom is 0.328 e. The zero-order valence-corrected chi connectivity index (χ0v) is 11.9. The van der Waals surface area contributed by atoms with Gasteiger partial charge in [-0.3, -0.25) is 0 Å². The molecule has 100 valence electrons. The van der Waals surface area contributed by atoms with Crippen molar-refractivity contribution >= 4 is 5.97 Å². The number of ether oxygens (including phenoxy) is 1. The third-order valence-corrected chi connectivity index (χ3v) is 2.90. The van der Waals surface area contributed by atoms with E-state index in [4.69, 9.17) is 10.5 Å². The average molecular weight is 249 g/mol. The minimum atomic E-state index is -0.585. The van der Waals surface area contributed by atoms with Gasteiger partial charge in [-0.05, 0) is 17.4 Å². The Morgan fingerprint density at radius 2 is 1.78 bits per heavy atom. The Labute approximate surface area is 109 Å². The van der Waals surface area contributed by atoms with Crippen LogP contribution >= 0.6 is 0 Å². The molecule has 0 amide bonds. The number of para-hydroxylation sites is 1. The summed E-state index contributed by atoms with van der Waals surface area (Å²) >= 11 is 0. The van der Waals surface area contributed by atoms with E-state index in [0.29, 0.717) is 5.75 Å². The second kappa shape index (κ2) is 5.53. The number of hydrogen-bond acceptors (Lipinski definition) is 3. The highest BCUT2D eigenvalue weighted by atomic mass is 16.5. The molecule has 1 aromatic carbocycles. The molecule has 1 rings (SSSR count). The van der Waals surface area contributed by atoms with E-state index in [1.165, 1.54) is 0 Å². The van der Waals surface area contributed by atoms with E-state index in [2.05, 4.69) is 20.8 Å². The van der Waals surface area contributed by atoms with Crippen molar-refractivity contribution in [2.24, 2.45) is 11.7 Å². The fourth-order valence-corrected chi connectivity index (χ4v) is 1.62. The third-order valence-electron chi connectivity index (χ3n) is 2.90. The summed E-state index contributed by atoms with van der Waals surface area (Å²) < 4.78 is 5.43. The first kappa shape index (κ1) is 14.7. The van der Waals surface area contributed by atoms with Crippen LogP contribution in [0.2, 0.25) is 0 Å². The summed E-state index contributed by atoms with van der Waals surface area (Å²) in [7, 11) is 0. The molecule has 0 saturated carbocycles. The maximum atomic E-state index is 11.9. The molecule has 1 atom stereocenters. The average Bonchev–Trinajstić information content (AvgIpc) is 2.27. The zero-order chi connectivity index (χ0) is 13.9. The lowest BCUT2D eigenvalue weighted by atomic mass is 9.86. The summed E-state index contributed by atoms with van der Waals surface area (Å²) in [5.74, 6) is 0.298. The molecular weight excluding hydrogens is 226 g/mol. The Kier molecular flexibility index (Phi) is 4.52. The molecular formula is C15H23NO2. The van der Waals surface area contributed by atoms with Gasteiger partial charge in [0.05, 0.1) is 0 Å². The highest BCUT2D eigenvalue weighted by Crippen LogP contribution is 2.31. The fraction of sp³-hybridized carbons (Fsp3) is 0.533. The molecule has 0 aromatic heterocycles. The normalized spacial score (nSPS) is 13.5. The minimum absolute atomic E-state index is 0.0688. The zero-order valence-electron chi connectivity index (χ0n) is 11.9. The second-order valence-electron chi connectivity index (χ2n) is 5.94. The quantitative estimate of drug-likeness (QED) is 0.662. The third kappa shape index (κ3) is 3.57. The largest absolute Gasteiger partial charge is 0.425 e. The molecule has 0 aliphatic rings. The van der Waals surface area contributed by atoms with Crippen molar-refractivity contribution in [1.29, 1.82) is 0 Å². The molecule has 0 bridgehead atoms. The summed E-state index contributed by atoms with van der Waals surface area (Å²) in [5, 5.41) is 0. The van der Waals surface area contributed by atoms with Crippen molar-refractivity contribution in [2.75, 3.05) is 0 Å². The van der Waals surface area contributed by atoms with Crippen LogP contribution in [0.4, 0.5) is 0 Å². The van der Waals surface area contributed by atoms with Crippen LogP contribution in [0, 0.1) is 5.92 Å². The van der Waals surface area contributed by atoms with Crippen LogP contribution < -0.4 is 10.5 Å². The summed E-state index contributed by atoms with van der Waals surface area (Å²) in [5.41, 5.74) is 6.73. The Morgan fingerprint density at radius 1 is 1.22 bits per heavy atom. The molecule has 0 aliphatic carbocycles. The van der Waals surface area contributed by atoms with E-state index in [1.54, 1.807) is 0 Å². The lowest BCUT2D eigenvalue weighted by molar-refractivity contribution is -0.136. The Hall–Kier alpha value is -1.35. The predicted molar refractivity (Wildman–Crippen MR) is 73.6 cm³/mol. The molecule has 1 unspecified atom stereocenters. The van der Waals surface area contributed by atoms with Gasteiger partial charge in [-0.25, -0.2) is 4.79 Å². The van der Waals surface area contributed by atoms with Gasteiger partial charge in [0.2, 0.25) is 0 Å². The van der Waals surface area contributed by atoms with Gasteiger partial charge in [-0.1, -0.05) is 52.8 Å². The van der Waals surface area contributed by atoms with Crippen LogP contribution in [0.15, 0.2) is 24.3 Å². The van der Waals surface area contributed by atoms with E-state index in [1.807, 2.05) is 38.1 Å². The number of benzene rings is 1. The molecule has 0 heterocycles. The summed E-state index contributed by atoms with van der Waals surface area (Å²) in [6.45, 7) is 10.1. The van der Waals surface area contributed by atoms with E-state index in [9.17, 15) is 4.79 Å². The molecule has 0 radical (unpaired) electrons. The SMILES string of the molecule is CC(C)C(N)C(=O)Oc1ccccc1C(C)(C)C. The first-order valence-corrected chi connectivity index (χ1v) is 6.30. The van der Waals surface area contributed by atoms with E-state index < -0.39 is 6.04 Å². The van der Waals surface area contributed by atoms with Crippen LogP contribution in [-0.2, 0) is 10.2 Å². The van der Waals surface area contributed by atoms with Gasteiger partial charge in [-0.2, -0.15) is 0 Å². The molecule has 0 aliphatic heterocycles. The van der Waals surface area contributed by atoms with Crippen molar-refractivity contribution in [1.82, 2.24) is 0 Å². The smallest absolute Gasteiger partial charge is 0.328 e. The van der Waals surface area contributed by atoms with Crippen molar-refractivity contribution in [3.63, 3.8) is 0 Å². The maximum absolute atomic E-state index is 11.9. The van der Waals surface area contributed by atoms with Gasteiger partial charge < -0.3 is 10.5 Å². The van der Waals surface area contributed by atoms with Crippen LogP contribution in [0.5, 0.6) is 5.75 Å². The molecule has 18 heavy (non-hydrogen) atoms. The minimum Gasteiger partial charge on any atom is -0.425 e.